The molecule has 0 saturated carbocycles. The van der Waals surface area contributed by atoms with Gasteiger partial charge in [-0.05, 0) is 64.2 Å². The lowest BCUT2D eigenvalue weighted by Crippen LogP contribution is -2.30. The maximum absolute atomic E-state index is 12.2. The van der Waals surface area contributed by atoms with Crippen LogP contribution >= 0.6 is 0 Å². The Kier molecular flexibility index (Phi) is 85.0. The first kappa shape index (κ1) is 106. The van der Waals surface area contributed by atoms with E-state index in [2.05, 4.69) is 69.2 Å². The molecular formula is C83H154O22. The zero-order valence-corrected chi connectivity index (χ0v) is 68.1. The summed E-state index contributed by atoms with van der Waals surface area (Å²) in [7, 11) is 0. The van der Waals surface area contributed by atoms with Gasteiger partial charge in [-0.1, -0.05) is 268 Å². The number of hydrogen-bond acceptors (Lipinski definition) is 22. The third-order valence-electron chi connectivity index (χ3n) is 16.7. The van der Waals surface area contributed by atoms with Crippen LogP contribution in [-0.4, -0.2) is 147 Å². The first-order chi connectivity index (χ1) is 50.8. The SMILES string of the molecule is CCCCCC(=O)OCC(COC(=O)CCCCC)OC(=O)CCCCC.CCCCCC(=O)OCC(COC(=O)CCCCC)OC(=O)CCCCC.CCCCCCCC(=O)OCC(COC(=O)CCCCCCC)OC(=O)CCCCCCC.CCCCCCCCCCC(=O)OCC(O)CO. The molecule has 0 aliphatic carbocycles. The molecule has 2 N–H and O–H groups in total. The summed E-state index contributed by atoms with van der Waals surface area (Å²) in [5, 5.41) is 17.5. The van der Waals surface area contributed by atoms with Gasteiger partial charge in [-0.25, -0.2) is 0 Å². The molecule has 0 aromatic carbocycles. The highest BCUT2D eigenvalue weighted by molar-refractivity contribution is 5.73. The molecule has 1 unspecified atom stereocenters. The third-order valence-corrected chi connectivity index (χ3v) is 16.7. The quantitative estimate of drug-likeness (QED) is 0.0325. The summed E-state index contributed by atoms with van der Waals surface area (Å²) in [6, 6.07) is 0. The fraction of sp³-hybridized carbons (Fsp3) is 0.880. The first-order valence-electron chi connectivity index (χ1n) is 41.8. The minimum Gasteiger partial charge on any atom is -0.463 e. The molecule has 0 aliphatic heterocycles. The highest BCUT2D eigenvalue weighted by Crippen LogP contribution is 2.15. The van der Waals surface area contributed by atoms with Gasteiger partial charge in [-0.2, -0.15) is 0 Å². The number of rotatable bonds is 69. The van der Waals surface area contributed by atoms with E-state index in [-0.39, 0.29) is 113 Å². The molecule has 0 radical (unpaired) electrons. The van der Waals surface area contributed by atoms with Gasteiger partial charge in [0.25, 0.3) is 0 Å². The highest BCUT2D eigenvalue weighted by Gasteiger charge is 2.23. The Morgan fingerprint density at radius 2 is 0.333 bits per heavy atom. The second-order valence-corrected chi connectivity index (χ2v) is 27.4. The Bertz CT molecular complexity index is 1890. The van der Waals surface area contributed by atoms with Crippen LogP contribution in [0.25, 0.3) is 0 Å². The number of ether oxygens (including phenoxy) is 10. The molecule has 0 heterocycles. The average molecular weight is 1500 g/mol. The normalized spacial score (nSPS) is 11.0. The van der Waals surface area contributed by atoms with Crippen LogP contribution in [-0.2, 0) is 95.3 Å². The number of unbranched alkanes of at least 4 members (excludes halogenated alkanes) is 31. The van der Waals surface area contributed by atoms with Crippen molar-refractivity contribution in [3.63, 3.8) is 0 Å². The van der Waals surface area contributed by atoms with Gasteiger partial charge in [0.15, 0.2) is 18.3 Å². The Labute approximate surface area is 636 Å². The highest BCUT2D eigenvalue weighted by atomic mass is 16.6. The molecule has 0 spiro atoms. The molecular weight excluding hydrogens is 1350 g/mol. The van der Waals surface area contributed by atoms with Crippen molar-refractivity contribution in [2.24, 2.45) is 0 Å². The predicted molar refractivity (Wildman–Crippen MR) is 412 cm³/mol. The Hall–Kier alpha value is -5.38. The molecule has 0 saturated heterocycles. The van der Waals surface area contributed by atoms with E-state index in [1.165, 1.54) is 57.8 Å². The van der Waals surface area contributed by atoms with E-state index in [9.17, 15) is 47.9 Å². The van der Waals surface area contributed by atoms with E-state index in [0.29, 0.717) is 64.2 Å². The number of aliphatic hydroxyl groups excluding tert-OH is 2. The summed E-state index contributed by atoms with van der Waals surface area (Å²) in [5.41, 5.74) is 0. The van der Waals surface area contributed by atoms with Crippen molar-refractivity contribution < 1.29 is 106 Å². The van der Waals surface area contributed by atoms with Crippen molar-refractivity contribution in [3.05, 3.63) is 0 Å². The third kappa shape index (κ3) is 84.1. The lowest BCUT2D eigenvalue weighted by molar-refractivity contribution is -0.167. The molecule has 0 amide bonds. The summed E-state index contributed by atoms with van der Waals surface area (Å²) in [5.74, 6) is -3.17. The minimum absolute atomic E-state index is 0.0703. The molecule has 0 fully saturated rings. The molecule has 1 atom stereocenters. The summed E-state index contributed by atoms with van der Waals surface area (Å²) < 4.78 is 52.4. The average Bonchev–Trinajstić information content (AvgIpc) is 0.982. The second-order valence-electron chi connectivity index (χ2n) is 27.4. The van der Waals surface area contributed by atoms with Crippen LogP contribution in [0.5, 0.6) is 0 Å². The Balaban J connectivity index is -0.000000660. The van der Waals surface area contributed by atoms with Gasteiger partial charge in [0, 0.05) is 64.2 Å². The topological polar surface area (TPSA) is 303 Å². The van der Waals surface area contributed by atoms with Crippen LogP contribution in [0, 0.1) is 0 Å². The molecule has 22 nitrogen and oxygen atoms in total. The van der Waals surface area contributed by atoms with Crippen LogP contribution in [0.1, 0.15) is 397 Å². The lowest BCUT2D eigenvalue weighted by Gasteiger charge is -2.18. The largest absolute Gasteiger partial charge is 0.463 e. The molecule has 0 rings (SSSR count). The zero-order chi connectivity index (χ0) is 78.9. The summed E-state index contributed by atoms with van der Waals surface area (Å²) in [4.78, 5) is 118. The molecule has 618 valence electrons. The van der Waals surface area contributed by atoms with E-state index in [1.807, 2.05) is 0 Å². The fourth-order valence-electron chi connectivity index (χ4n) is 10.1. The van der Waals surface area contributed by atoms with Gasteiger partial charge in [-0.15, -0.1) is 0 Å². The van der Waals surface area contributed by atoms with Gasteiger partial charge in [0.2, 0.25) is 0 Å². The van der Waals surface area contributed by atoms with Crippen molar-refractivity contribution in [2.45, 2.75) is 421 Å². The Morgan fingerprint density at radius 3 is 0.505 bits per heavy atom. The smallest absolute Gasteiger partial charge is 0.306 e. The van der Waals surface area contributed by atoms with Crippen LogP contribution in [0.3, 0.4) is 0 Å². The van der Waals surface area contributed by atoms with E-state index < -0.39 is 24.4 Å². The molecule has 0 aromatic rings. The second kappa shape index (κ2) is 84.2. The van der Waals surface area contributed by atoms with E-state index in [4.69, 9.17) is 57.6 Å². The van der Waals surface area contributed by atoms with Crippen molar-refractivity contribution in [1.82, 2.24) is 0 Å². The molecule has 0 bridgehead atoms. The molecule has 0 aromatic heterocycles. The maximum atomic E-state index is 12.2. The monoisotopic (exact) mass is 1500 g/mol. The maximum Gasteiger partial charge on any atom is 0.306 e. The van der Waals surface area contributed by atoms with E-state index >= 15 is 0 Å². The number of aliphatic hydroxyl groups is 2. The van der Waals surface area contributed by atoms with Crippen molar-refractivity contribution in [2.75, 3.05) is 52.9 Å². The standard InChI is InChI=1S/C27H50O6.2C21H38O6.C14H28O4/c1-4-7-10-13-16-19-25(28)31-22-24(33-27(30)21-18-15-12-9-6-3)23-32-26(29)20-17-14-11-8-5-2;2*1-4-7-10-13-19(22)25-16-18(27-21(24)15-12-9-6-3)17-26-20(23)14-11-8-5-2;1-2-3-4-5-6-7-8-9-10-14(17)18-12-13(16)11-15/h24H,4-23H2,1-3H3;2*18H,4-17H2,1-3H3;13,15-16H,2-12H2,1H3. The molecule has 105 heavy (non-hydrogen) atoms. The van der Waals surface area contributed by atoms with Gasteiger partial charge in [0.1, 0.15) is 52.4 Å². The Morgan fingerprint density at radius 1 is 0.200 bits per heavy atom. The summed E-state index contributed by atoms with van der Waals surface area (Å²) in [6.45, 7) is 20.1. The van der Waals surface area contributed by atoms with Crippen LogP contribution < -0.4 is 0 Å². The predicted octanol–water partition coefficient (Wildman–Crippen LogP) is 18.9. The van der Waals surface area contributed by atoms with Gasteiger partial charge in [-0.3, -0.25) is 47.9 Å². The number of carbonyl (C=O) groups is 10. The van der Waals surface area contributed by atoms with Gasteiger partial charge in [0.05, 0.1) is 6.61 Å². The molecule has 22 heteroatoms. The van der Waals surface area contributed by atoms with E-state index in [1.54, 1.807) is 0 Å². The summed E-state index contributed by atoms with van der Waals surface area (Å²) >= 11 is 0. The van der Waals surface area contributed by atoms with Gasteiger partial charge >= 0.3 is 59.7 Å². The van der Waals surface area contributed by atoms with Crippen molar-refractivity contribution in [3.8, 4) is 0 Å². The first-order valence-corrected chi connectivity index (χ1v) is 41.8. The number of carbonyl (C=O) groups excluding carboxylic acids is 10. The number of hydrogen-bond donors (Lipinski definition) is 2. The van der Waals surface area contributed by atoms with Crippen LogP contribution in [0.2, 0.25) is 0 Å². The van der Waals surface area contributed by atoms with Crippen molar-refractivity contribution in [1.29, 1.82) is 0 Å². The fourth-order valence-corrected chi connectivity index (χ4v) is 10.1. The van der Waals surface area contributed by atoms with Crippen LogP contribution in [0.4, 0.5) is 0 Å². The molecule has 0 aliphatic rings. The lowest BCUT2D eigenvalue weighted by atomic mass is 10.1. The minimum atomic E-state index is -0.951. The number of esters is 10. The van der Waals surface area contributed by atoms with Gasteiger partial charge < -0.3 is 57.6 Å². The van der Waals surface area contributed by atoms with E-state index in [0.717, 1.165) is 205 Å². The van der Waals surface area contributed by atoms with Crippen molar-refractivity contribution >= 4 is 59.7 Å². The zero-order valence-electron chi connectivity index (χ0n) is 68.1. The van der Waals surface area contributed by atoms with Crippen LogP contribution in [0.15, 0.2) is 0 Å². The summed E-state index contributed by atoms with van der Waals surface area (Å²) in [6.07, 6.45) is 42.2.